The molecule has 0 spiro atoms. The second-order valence-corrected chi connectivity index (χ2v) is 8.35. The van der Waals surface area contributed by atoms with Crippen molar-refractivity contribution in [3.05, 3.63) is 33.8 Å². The van der Waals surface area contributed by atoms with E-state index < -0.39 is 11.5 Å². The lowest BCUT2D eigenvalue weighted by atomic mass is 9.89. The Labute approximate surface area is 165 Å². The van der Waals surface area contributed by atoms with Crippen LogP contribution in [0.4, 0.5) is 0 Å². The molecule has 27 heavy (non-hydrogen) atoms. The first-order valence-corrected chi connectivity index (χ1v) is 10.5. The lowest BCUT2D eigenvalue weighted by molar-refractivity contribution is -0.151. The molecule has 0 aromatic carbocycles. The number of hydrogen-bond acceptors (Lipinski definition) is 5. The summed E-state index contributed by atoms with van der Waals surface area (Å²) in [6, 6.07) is 0. The number of carbonyl (C=O) groups excluding carboxylic acids is 2. The minimum atomic E-state index is -1.05. The Balaban J connectivity index is 2.06. The first-order valence-electron chi connectivity index (χ1n) is 9.61. The minimum absolute atomic E-state index is 0.148. The fourth-order valence-corrected chi connectivity index (χ4v) is 3.92. The van der Waals surface area contributed by atoms with E-state index in [0.717, 1.165) is 30.0 Å². The molecule has 1 unspecified atom stereocenters. The van der Waals surface area contributed by atoms with Crippen LogP contribution in [0.3, 0.4) is 0 Å². The van der Waals surface area contributed by atoms with Crippen molar-refractivity contribution in [3.63, 3.8) is 0 Å². The van der Waals surface area contributed by atoms with Crippen LogP contribution in [0.5, 0.6) is 0 Å². The van der Waals surface area contributed by atoms with Crippen molar-refractivity contribution in [1.29, 1.82) is 0 Å². The number of nitrogens with zero attached hydrogens (tertiary/aromatic N) is 1. The maximum absolute atomic E-state index is 12.4. The predicted molar refractivity (Wildman–Crippen MR) is 109 cm³/mol. The third-order valence-corrected chi connectivity index (χ3v) is 5.34. The van der Waals surface area contributed by atoms with Gasteiger partial charge in [-0.25, -0.2) is 9.78 Å². The molecule has 0 radical (unpaired) electrons. The van der Waals surface area contributed by atoms with Crippen LogP contribution in [0.2, 0.25) is 0 Å². The molecule has 0 saturated carbocycles. The standard InChI is InChI=1S/C21H30N2O3S/c1-6-8-15-10-9-14(3)11-17(15)19-22-16(13-27-19)12-18(24)23-21(4,5)20(25)26-7-2/h10-11,13-14H,6-9,12H2,1-5H3,(H,23,24). The Morgan fingerprint density at radius 2 is 2.11 bits per heavy atom. The Morgan fingerprint density at radius 1 is 1.37 bits per heavy atom. The van der Waals surface area contributed by atoms with E-state index in [-0.39, 0.29) is 18.9 Å². The highest BCUT2D eigenvalue weighted by molar-refractivity contribution is 7.10. The van der Waals surface area contributed by atoms with Crippen LogP contribution in [0.1, 0.15) is 64.6 Å². The number of hydrogen-bond donors (Lipinski definition) is 1. The predicted octanol–water partition coefficient (Wildman–Crippen LogP) is 4.29. The van der Waals surface area contributed by atoms with Crippen molar-refractivity contribution in [3.8, 4) is 0 Å². The monoisotopic (exact) mass is 390 g/mol. The SMILES string of the molecule is CCCC1=CCC(C)C=C1c1nc(CC(=O)NC(C)(C)C(=O)OCC)cs1. The number of allylic oxidation sites excluding steroid dienone is 4. The third-order valence-electron chi connectivity index (χ3n) is 4.41. The number of esters is 1. The highest BCUT2D eigenvalue weighted by Gasteiger charge is 2.31. The zero-order valence-corrected chi connectivity index (χ0v) is 17.7. The summed E-state index contributed by atoms with van der Waals surface area (Å²) >= 11 is 1.57. The van der Waals surface area contributed by atoms with Crippen LogP contribution < -0.4 is 5.32 Å². The quantitative estimate of drug-likeness (QED) is 0.672. The van der Waals surface area contributed by atoms with E-state index >= 15 is 0 Å². The van der Waals surface area contributed by atoms with E-state index in [1.807, 2.05) is 5.38 Å². The molecule has 1 heterocycles. The third kappa shape index (κ3) is 5.76. The van der Waals surface area contributed by atoms with Crippen LogP contribution in [0.25, 0.3) is 5.57 Å². The van der Waals surface area contributed by atoms with Gasteiger partial charge in [-0.1, -0.05) is 32.4 Å². The van der Waals surface area contributed by atoms with Gasteiger partial charge in [-0.2, -0.15) is 0 Å². The average Bonchev–Trinajstić information content (AvgIpc) is 3.04. The summed E-state index contributed by atoms with van der Waals surface area (Å²) in [5.74, 6) is -0.171. The van der Waals surface area contributed by atoms with Crippen molar-refractivity contribution in [2.75, 3.05) is 6.61 Å². The van der Waals surface area contributed by atoms with Crippen molar-refractivity contribution in [2.45, 2.75) is 65.8 Å². The van der Waals surface area contributed by atoms with Gasteiger partial charge < -0.3 is 10.1 Å². The molecule has 0 saturated heterocycles. The second kappa shape index (κ2) is 9.31. The molecular formula is C21H30N2O3S. The van der Waals surface area contributed by atoms with Crippen LogP contribution in [-0.2, 0) is 20.7 Å². The molecule has 5 nitrogen and oxygen atoms in total. The summed E-state index contributed by atoms with van der Waals surface area (Å²) in [5.41, 5.74) is 2.23. The summed E-state index contributed by atoms with van der Waals surface area (Å²) in [7, 11) is 0. The Kier molecular flexibility index (Phi) is 7.36. The van der Waals surface area contributed by atoms with E-state index in [1.54, 1.807) is 32.1 Å². The molecular weight excluding hydrogens is 360 g/mol. The number of amides is 1. The molecule has 1 N–H and O–H groups in total. The van der Waals surface area contributed by atoms with Gasteiger partial charge in [0.25, 0.3) is 0 Å². The Hall–Kier alpha value is -1.95. The first-order chi connectivity index (χ1) is 12.8. The first kappa shape index (κ1) is 21.4. The topological polar surface area (TPSA) is 68.3 Å². The summed E-state index contributed by atoms with van der Waals surface area (Å²) in [6.07, 6.45) is 7.97. The molecule has 148 valence electrons. The van der Waals surface area contributed by atoms with Gasteiger partial charge in [0.2, 0.25) is 5.91 Å². The molecule has 6 heteroatoms. The fraction of sp³-hybridized carbons (Fsp3) is 0.571. The summed E-state index contributed by atoms with van der Waals surface area (Å²) in [5, 5.41) is 5.63. The fourth-order valence-electron chi connectivity index (χ4n) is 3.04. The molecule has 1 amide bonds. The van der Waals surface area contributed by atoms with Crippen molar-refractivity contribution >= 4 is 28.8 Å². The smallest absolute Gasteiger partial charge is 0.331 e. The molecule has 0 fully saturated rings. The van der Waals surface area contributed by atoms with E-state index in [0.29, 0.717) is 5.92 Å². The van der Waals surface area contributed by atoms with Crippen LogP contribution in [0, 0.1) is 5.92 Å². The van der Waals surface area contributed by atoms with Crippen LogP contribution >= 0.6 is 11.3 Å². The van der Waals surface area contributed by atoms with E-state index in [9.17, 15) is 9.59 Å². The minimum Gasteiger partial charge on any atom is -0.464 e. The lowest BCUT2D eigenvalue weighted by Crippen LogP contribution is -2.51. The van der Waals surface area contributed by atoms with Gasteiger partial charge in [0.05, 0.1) is 18.7 Å². The van der Waals surface area contributed by atoms with Gasteiger partial charge >= 0.3 is 5.97 Å². The van der Waals surface area contributed by atoms with Gasteiger partial charge in [-0.05, 0) is 45.1 Å². The number of nitrogens with one attached hydrogen (secondary N) is 1. The molecule has 1 aliphatic carbocycles. The summed E-state index contributed by atoms with van der Waals surface area (Å²) in [4.78, 5) is 29.0. The van der Waals surface area contributed by atoms with Gasteiger partial charge in [0, 0.05) is 11.0 Å². The lowest BCUT2D eigenvalue weighted by Gasteiger charge is -2.23. The van der Waals surface area contributed by atoms with Crippen LogP contribution in [-0.4, -0.2) is 29.0 Å². The number of rotatable bonds is 8. The van der Waals surface area contributed by atoms with E-state index in [2.05, 4.69) is 36.3 Å². The average molecular weight is 391 g/mol. The maximum atomic E-state index is 12.4. The number of aromatic nitrogens is 1. The van der Waals surface area contributed by atoms with Crippen LogP contribution in [0.15, 0.2) is 23.1 Å². The van der Waals surface area contributed by atoms with Crippen molar-refractivity contribution in [2.24, 2.45) is 5.92 Å². The van der Waals surface area contributed by atoms with Gasteiger partial charge in [0.15, 0.2) is 0 Å². The molecule has 0 aliphatic heterocycles. The highest BCUT2D eigenvalue weighted by Crippen LogP contribution is 2.34. The van der Waals surface area contributed by atoms with Crippen molar-refractivity contribution in [1.82, 2.24) is 10.3 Å². The Bertz CT molecular complexity index is 746. The van der Waals surface area contributed by atoms with Gasteiger partial charge in [-0.3, -0.25) is 4.79 Å². The number of carbonyl (C=O) groups is 2. The van der Waals surface area contributed by atoms with Gasteiger partial charge in [0.1, 0.15) is 10.5 Å². The van der Waals surface area contributed by atoms with E-state index in [4.69, 9.17) is 4.74 Å². The summed E-state index contributed by atoms with van der Waals surface area (Å²) in [6.45, 7) is 9.71. The van der Waals surface area contributed by atoms with Crippen molar-refractivity contribution < 1.29 is 14.3 Å². The number of thiazole rings is 1. The molecule has 0 bridgehead atoms. The maximum Gasteiger partial charge on any atom is 0.331 e. The largest absolute Gasteiger partial charge is 0.464 e. The van der Waals surface area contributed by atoms with E-state index in [1.165, 1.54) is 11.1 Å². The molecule has 1 aromatic rings. The Morgan fingerprint density at radius 3 is 2.78 bits per heavy atom. The molecule has 1 atom stereocenters. The zero-order valence-electron chi connectivity index (χ0n) is 16.9. The second-order valence-electron chi connectivity index (χ2n) is 7.49. The van der Waals surface area contributed by atoms with Gasteiger partial charge in [-0.15, -0.1) is 11.3 Å². The normalized spacial score (nSPS) is 17.1. The number of ether oxygens (including phenoxy) is 1. The molecule has 1 aliphatic rings. The zero-order chi connectivity index (χ0) is 20.0. The summed E-state index contributed by atoms with van der Waals surface area (Å²) < 4.78 is 5.01. The molecule has 2 rings (SSSR count). The molecule has 1 aromatic heterocycles. The highest BCUT2D eigenvalue weighted by atomic mass is 32.1.